The molecular weight excluding hydrogens is 270 g/mol. The van der Waals surface area contributed by atoms with Crippen molar-refractivity contribution in [3.05, 3.63) is 26.9 Å². The number of pyridine rings is 1. The fourth-order valence-corrected chi connectivity index (χ4v) is 1.96. The summed E-state index contributed by atoms with van der Waals surface area (Å²) in [5, 5.41) is 0. The Morgan fingerprint density at radius 2 is 2.09 bits per heavy atom. The fourth-order valence-electron chi connectivity index (χ4n) is 1.08. The van der Waals surface area contributed by atoms with Crippen molar-refractivity contribution in [2.24, 2.45) is 0 Å². The van der Waals surface area contributed by atoms with Gasteiger partial charge in [0, 0.05) is 16.6 Å². The largest absolute Gasteiger partial charge is 0.260 e. The van der Waals surface area contributed by atoms with Crippen molar-refractivity contribution < 1.29 is 0 Å². The first-order valence-electron chi connectivity index (χ1n) is 3.59. The number of rotatable bonds is 1. The van der Waals surface area contributed by atoms with Gasteiger partial charge in [0.15, 0.2) is 0 Å². The van der Waals surface area contributed by atoms with Gasteiger partial charge < -0.3 is 0 Å². The highest BCUT2D eigenvalue weighted by atomic mass is 79.9. The van der Waals surface area contributed by atoms with Crippen molar-refractivity contribution in [2.75, 3.05) is 0 Å². The third-order valence-corrected chi connectivity index (χ3v) is 3.86. The zero-order chi connectivity index (χ0) is 7.84. The van der Waals surface area contributed by atoms with Crippen LogP contribution in [0.4, 0.5) is 0 Å². The molecule has 1 aliphatic carbocycles. The third-order valence-electron chi connectivity index (χ3n) is 1.83. The first-order valence-corrected chi connectivity index (χ1v) is 5.17. The van der Waals surface area contributed by atoms with E-state index >= 15 is 0 Å². The summed E-state index contributed by atoms with van der Waals surface area (Å²) in [6, 6.07) is 1.95. The molecule has 0 spiro atoms. The van der Waals surface area contributed by atoms with Crippen LogP contribution in [-0.2, 0) is 0 Å². The second-order valence-corrected chi connectivity index (χ2v) is 4.41. The van der Waals surface area contributed by atoms with Crippen molar-refractivity contribution in [1.29, 1.82) is 0 Å². The number of halogens is 2. The highest BCUT2D eigenvalue weighted by molar-refractivity contribution is 9.13. The zero-order valence-corrected chi connectivity index (χ0v) is 9.02. The molecule has 3 heteroatoms. The van der Waals surface area contributed by atoms with Crippen molar-refractivity contribution in [1.82, 2.24) is 4.98 Å². The summed E-state index contributed by atoms with van der Waals surface area (Å²) in [4.78, 5) is 4.32. The molecule has 1 aromatic heterocycles. The highest BCUT2D eigenvalue weighted by Crippen LogP contribution is 2.43. The molecule has 1 aromatic rings. The lowest BCUT2D eigenvalue weighted by atomic mass is 10.2. The maximum atomic E-state index is 4.32. The number of aromatic nitrogens is 1. The monoisotopic (exact) mass is 275 g/mol. The van der Waals surface area contributed by atoms with E-state index < -0.39 is 0 Å². The van der Waals surface area contributed by atoms with Gasteiger partial charge in [-0.2, -0.15) is 0 Å². The molecule has 1 heterocycles. The van der Waals surface area contributed by atoms with Gasteiger partial charge in [0.25, 0.3) is 0 Å². The van der Waals surface area contributed by atoms with Crippen LogP contribution in [0.25, 0.3) is 0 Å². The van der Waals surface area contributed by atoms with E-state index in [9.17, 15) is 0 Å². The summed E-state index contributed by atoms with van der Waals surface area (Å²) in [7, 11) is 0. The molecule has 0 aromatic carbocycles. The molecule has 0 N–H and O–H groups in total. The third kappa shape index (κ3) is 1.49. The zero-order valence-electron chi connectivity index (χ0n) is 5.85. The van der Waals surface area contributed by atoms with Crippen LogP contribution in [0.2, 0.25) is 0 Å². The topological polar surface area (TPSA) is 12.9 Å². The standard InChI is InChI=1S/C8H7Br2N/c9-6-3-4-11-8(7(6)10)5-1-2-5/h3-5H,1-2H2. The number of hydrogen-bond acceptors (Lipinski definition) is 1. The lowest BCUT2D eigenvalue weighted by Crippen LogP contribution is -1.87. The van der Waals surface area contributed by atoms with Crippen LogP contribution in [0.15, 0.2) is 21.2 Å². The molecule has 1 nitrogen and oxygen atoms in total. The average Bonchev–Trinajstić information content (AvgIpc) is 2.77. The van der Waals surface area contributed by atoms with E-state index in [-0.39, 0.29) is 0 Å². The molecule has 0 bridgehead atoms. The van der Waals surface area contributed by atoms with Crippen LogP contribution in [0, 0.1) is 0 Å². The van der Waals surface area contributed by atoms with Gasteiger partial charge in [0.1, 0.15) is 0 Å². The Morgan fingerprint density at radius 3 is 2.73 bits per heavy atom. The predicted octanol–water partition coefficient (Wildman–Crippen LogP) is 3.48. The molecular formula is C8H7Br2N. The first-order chi connectivity index (χ1) is 5.29. The van der Waals surface area contributed by atoms with Gasteiger partial charge in [-0.3, -0.25) is 4.98 Å². The van der Waals surface area contributed by atoms with Gasteiger partial charge >= 0.3 is 0 Å². The van der Waals surface area contributed by atoms with Gasteiger partial charge in [0.05, 0.1) is 10.2 Å². The van der Waals surface area contributed by atoms with Gasteiger partial charge in [-0.15, -0.1) is 0 Å². The Morgan fingerprint density at radius 1 is 1.36 bits per heavy atom. The molecule has 58 valence electrons. The number of hydrogen-bond donors (Lipinski definition) is 0. The van der Waals surface area contributed by atoms with Crippen molar-refractivity contribution in [2.45, 2.75) is 18.8 Å². The maximum Gasteiger partial charge on any atom is 0.0587 e. The Hall–Kier alpha value is 0.110. The van der Waals surface area contributed by atoms with Gasteiger partial charge in [-0.25, -0.2) is 0 Å². The van der Waals surface area contributed by atoms with E-state index in [1.54, 1.807) is 0 Å². The Labute approximate surface area is 82.5 Å². The minimum absolute atomic E-state index is 0.710. The molecule has 1 aliphatic rings. The van der Waals surface area contributed by atoms with Crippen LogP contribution in [0.5, 0.6) is 0 Å². The molecule has 1 fully saturated rings. The van der Waals surface area contributed by atoms with Crippen LogP contribution < -0.4 is 0 Å². The molecule has 1 saturated carbocycles. The molecule has 0 aliphatic heterocycles. The Kier molecular flexibility index (Phi) is 2.02. The van der Waals surface area contributed by atoms with Gasteiger partial charge in [-0.1, -0.05) is 0 Å². The van der Waals surface area contributed by atoms with E-state index in [0.29, 0.717) is 5.92 Å². The summed E-state index contributed by atoms with van der Waals surface area (Å²) in [5.74, 6) is 0.710. The Balaban J connectivity index is 2.45. The molecule has 11 heavy (non-hydrogen) atoms. The van der Waals surface area contributed by atoms with Crippen molar-refractivity contribution in [3.63, 3.8) is 0 Å². The fraction of sp³-hybridized carbons (Fsp3) is 0.375. The maximum absolute atomic E-state index is 4.32. The molecule has 0 saturated heterocycles. The summed E-state index contributed by atoms with van der Waals surface area (Å²) in [6.45, 7) is 0. The normalized spacial score (nSPS) is 16.9. The van der Waals surface area contributed by atoms with Crippen LogP contribution in [-0.4, -0.2) is 4.98 Å². The molecule has 0 atom stereocenters. The molecule has 2 rings (SSSR count). The van der Waals surface area contributed by atoms with E-state index in [1.165, 1.54) is 18.5 Å². The van der Waals surface area contributed by atoms with Crippen molar-refractivity contribution in [3.8, 4) is 0 Å². The minimum atomic E-state index is 0.710. The highest BCUT2D eigenvalue weighted by Gasteiger charge is 2.27. The van der Waals surface area contributed by atoms with Crippen LogP contribution in [0.1, 0.15) is 24.5 Å². The smallest absolute Gasteiger partial charge is 0.0587 e. The second kappa shape index (κ2) is 2.87. The van der Waals surface area contributed by atoms with Gasteiger partial charge in [0.2, 0.25) is 0 Å². The summed E-state index contributed by atoms with van der Waals surface area (Å²) < 4.78 is 2.23. The Bertz CT molecular complexity index is 281. The van der Waals surface area contributed by atoms with E-state index in [4.69, 9.17) is 0 Å². The second-order valence-electron chi connectivity index (χ2n) is 2.77. The average molecular weight is 277 g/mol. The minimum Gasteiger partial charge on any atom is -0.260 e. The van der Waals surface area contributed by atoms with Gasteiger partial charge in [-0.05, 0) is 50.8 Å². The van der Waals surface area contributed by atoms with E-state index in [2.05, 4.69) is 36.8 Å². The number of nitrogens with zero attached hydrogens (tertiary/aromatic N) is 1. The van der Waals surface area contributed by atoms with E-state index in [0.717, 1.165) is 8.95 Å². The predicted molar refractivity (Wildman–Crippen MR) is 51.6 cm³/mol. The van der Waals surface area contributed by atoms with Crippen LogP contribution in [0.3, 0.4) is 0 Å². The molecule has 0 amide bonds. The molecule has 0 unspecified atom stereocenters. The summed E-state index contributed by atoms with van der Waals surface area (Å²) in [5.41, 5.74) is 1.21. The lowest BCUT2D eigenvalue weighted by Gasteiger charge is -2.01. The van der Waals surface area contributed by atoms with Crippen molar-refractivity contribution >= 4 is 31.9 Å². The SMILES string of the molecule is Brc1ccnc(C2CC2)c1Br. The summed E-state index contributed by atoms with van der Waals surface area (Å²) >= 11 is 6.97. The quantitative estimate of drug-likeness (QED) is 0.765. The van der Waals surface area contributed by atoms with E-state index in [1.807, 2.05) is 12.3 Å². The summed E-state index contributed by atoms with van der Waals surface area (Å²) in [6.07, 6.45) is 4.44. The molecule has 0 radical (unpaired) electrons. The van der Waals surface area contributed by atoms with Crippen LogP contribution >= 0.6 is 31.9 Å². The lowest BCUT2D eigenvalue weighted by molar-refractivity contribution is 1.00. The first kappa shape index (κ1) is 7.74.